The van der Waals surface area contributed by atoms with E-state index < -0.39 is 40.5 Å². The molecule has 6 bridgehead atoms. The predicted molar refractivity (Wildman–Crippen MR) is 296 cm³/mol. The number of benzene rings is 2. The highest BCUT2D eigenvalue weighted by molar-refractivity contribution is 7.83. The third-order valence-electron chi connectivity index (χ3n) is 17.0. The Balaban J connectivity index is 0.852. The number of pyridine rings is 1. The fourth-order valence-corrected chi connectivity index (χ4v) is 15.3. The van der Waals surface area contributed by atoms with Crippen molar-refractivity contribution in [3.05, 3.63) is 88.0 Å². The maximum absolute atomic E-state index is 15.0. The third kappa shape index (κ3) is 10.2. The zero-order chi connectivity index (χ0) is 53.4. The standard InChI is InChI=1S/C59H75N9O6S2/c1-9-66-47-21-18-39-28-42(47)43(52(66)41-12-10-24-60-49(41)35(2)3)30-58(7,8)34-74-57(72)44-13-11-25-67(63-44)55(70)45(29-48-61-46(39)31-75-48)62-54(69)50(36(4)5)64-26-22-59(32-64)23-27-65(33-59)56(71)53-51(38-16-17-38)68(53)76(73)40-19-14-37(6)15-20-40/h10,12,14-15,18-21,24,28,31,35-36,38,44-45,50-51,53,63H,9,11,13,16-17,22-23,25-27,29-30,32-34H2,1-8H3,(H,62,69)/t44-,45-,50-,51+,53+,59-,68?,76+/m0/s1. The van der Waals surface area contributed by atoms with Crippen LogP contribution >= 0.6 is 11.3 Å². The summed E-state index contributed by atoms with van der Waals surface area (Å²) in [6, 6.07) is 15.9. The molecule has 404 valence electrons. The number of likely N-dealkylation sites (tertiary alicyclic amines) is 2. The zero-order valence-corrected chi connectivity index (χ0v) is 47.1. The number of hydrogen-bond donors (Lipinski definition) is 2. The van der Waals surface area contributed by atoms with Gasteiger partial charge in [0.25, 0.3) is 5.91 Å². The number of amides is 3. The molecule has 3 amide bonds. The van der Waals surface area contributed by atoms with E-state index in [-0.39, 0.29) is 60.1 Å². The molecule has 4 saturated heterocycles. The van der Waals surface area contributed by atoms with E-state index in [0.29, 0.717) is 62.9 Å². The molecule has 1 unspecified atom stereocenters. The monoisotopic (exact) mass is 1070 g/mol. The Morgan fingerprint density at radius 1 is 0.987 bits per heavy atom. The van der Waals surface area contributed by atoms with Gasteiger partial charge in [0.2, 0.25) is 11.8 Å². The maximum Gasteiger partial charge on any atom is 0.324 e. The van der Waals surface area contributed by atoms with Crippen LogP contribution in [0.3, 0.4) is 0 Å². The number of esters is 1. The van der Waals surface area contributed by atoms with E-state index in [1.54, 1.807) is 0 Å². The summed E-state index contributed by atoms with van der Waals surface area (Å²) >= 11 is 1.48. The first-order chi connectivity index (χ1) is 36.4. The van der Waals surface area contributed by atoms with Gasteiger partial charge in [-0.2, -0.15) is 0 Å². The molecule has 1 aliphatic carbocycles. The molecule has 17 heteroatoms. The Bertz CT molecular complexity index is 3070. The second-order valence-corrected chi connectivity index (χ2v) is 26.5. The lowest BCUT2D eigenvalue weighted by Gasteiger charge is -2.36. The minimum atomic E-state index is -1.40. The molecule has 15 nitrogen and oxygen atoms in total. The van der Waals surface area contributed by atoms with Gasteiger partial charge in [-0.05, 0) is 125 Å². The molecule has 5 fully saturated rings. The van der Waals surface area contributed by atoms with Crippen LogP contribution in [0.5, 0.6) is 0 Å². The van der Waals surface area contributed by atoms with Gasteiger partial charge in [-0.3, -0.25) is 34.1 Å². The van der Waals surface area contributed by atoms with Crippen molar-refractivity contribution in [3.8, 4) is 22.5 Å². The summed E-state index contributed by atoms with van der Waals surface area (Å²) in [7, 11) is -1.40. The quantitative estimate of drug-likeness (QED) is 0.0978. The Labute approximate surface area is 454 Å². The zero-order valence-electron chi connectivity index (χ0n) is 45.5. The van der Waals surface area contributed by atoms with Crippen LogP contribution < -0.4 is 10.7 Å². The van der Waals surface area contributed by atoms with Crippen molar-refractivity contribution >= 4 is 56.9 Å². The van der Waals surface area contributed by atoms with Gasteiger partial charge < -0.3 is 19.5 Å². The van der Waals surface area contributed by atoms with Gasteiger partial charge in [0, 0.05) is 83.6 Å². The number of hydrogen-bond acceptors (Lipinski definition) is 11. The number of aromatic nitrogens is 3. The summed E-state index contributed by atoms with van der Waals surface area (Å²) in [4.78, 5) is 73.3. The number of carbonyl (C=O) groups excluding carboxylic acids is 4. The number of rotatable bonds is 11. The van der Waals surface area contributed by atoms with Gasteiger partial charge >= 0.3 is 5.97 Å². The second kappa shape index (κ2) is 20.8. The van der Waals surface area contributed by atoms with Crippen LogP contribution in [0.4, 0.5) is 0 Å². The number of nitrogens with one attached hydrogen (secondary N) is 2. The average molecular weight is 1070 g/mol. The van der Waals surface area contributed by atoms with E-state index in [9.17, 15) is 23.4 Å². The number of aryl methyl sites for hydroxylation is 2. The summed E-state index contributed by atoms with van der Waals surface area (Å²) in [5.41, 5.74) is 11.0. The summed E-state index contributed by atoms with van der Waals surface area (Å²) < 4.78 is 24.4. The van der Waals surface area contributed by atoms with E-state index in [0.717, 1.165) is 81.8 Å². The SMILES string of the molecule is CCn1c(-c2cccnc2C(C)C)c2c3cc(ccc31)-c1csc(n1)C[C@H](NC(=O)[C@H](C(C)C)N1CC[C@]3(CCN(C(=O)[C@H]4[C@@H](C5CC5)N4[S@](=O)c4ccc(C)cc4)C3)C1)C(=O)N1CCC[C@H](N1)C(=O)OCC(C)(C)C2. The lowest BCUT2D eigenvalue weighted by Crippen LogP contribution is -2.62. The second-order valence-electron chi connectivity index (χ2n) is 24.2. The van der Waals surface area contributed by atoms with Gasteiger partial charge in [-0.15, -0.1) is 11.3 Å². The molecule has 1 spiro atoms. The molecule has 1 saturated carbocycles. The third-order valence-corrected chi connectivity index (χ3v) is 19.4. The highest BCUT2D eigenvalue weighted by Gasteiger charge is 2.63. The topological polar surface area (TPSA) is 162 Å². The first-order valence-corrected chi connectivity index (χ1v) is 29.8. The van der Waals surface area contributed by atoms with E-state index >= 15 is 0 Å². The number of hydrazine groups is 1. The largest absolute Gasteiger partial charge is 0.464 e. The van der Waals surface area contributed by atoms with Crippen molar-refractivity contribution in [2.24, 2.45) is 22.7 Å². The average Bonchev–Trinajstić information content (AvgIpc) is 4.31. The fourth-order valence-electron chi connectivity index (χ4n) is 13.0. The highest BCUT2D eigenvalue weighted by Crippen LogP contribution is 2.51. The van der Waals surface area contributed by atoms with E-state index in [1.807, 2.05) is 58.0 Å². The molecule has 11 rings (SSSR count). The van der Waals surface area contributed by atoms with Gasteiger partial charge in [0.1, 0.15) is 29.1 Å². The lowest BCUT2D eigenvalue weighted by molar-refractivity contribution is -0.155. The first-order valence-electron chi connectivity index (χ1n) is 27.8. The van der Waals surface area contributed by atoms with Crippen molar-refractivity contribution in [2.45, 2.75) is 154 Å². The molecule has 8 atom stereocenters. The van der Waals surface area contributed by atoms with Gasteiger partial charge in [0.15, 0.2) is 0 Å². The summed E-state index contributed by atoms with van der Waals surface area (Å²) in [6.07, 6.45) is 7.57. The molecule has 6 aliphatic rings. The Kier molecular flexibility index (Phi) is 14.4. The van der Waals surface area contributed by atoms with Crippen molar-refractivity contribution in [1.29, 1.82) is 0 Å². The molecule has 0 radical (unpaired) electrons. The van der Waals surface area contributed by atoms with Crippen molar-refractivity contribution in [1.82, 2.24) is 44.4 Å². The summed E-state index contributed by atoms with van der Waals surface area (Å²) in [5.74, 6) is -0.370. The lowest BCUT2D eigenvalue weighted by atomic mass is 9.84. The van der Waals surface area contributed by atoms with Crippen LogP contribution in [-0.4, -0.2) is 131 Å². The smallest absolute Gasteiger partial charge is 0.324 e. The van der Waals surface area contributed by atoms with E-state index in [4.69, 9.17) is 14.7 Å². The normalized spacial score (nSPS) is 26.8. The van der Waals surface area contributed by atoms with Gasteiger partial charge in [-0.1, -0.05) is 65.3 Å². The number of carbonyl (C=O) groups is 4. The van der Waals surface area contributed by atoms with Crippen LogP contribution in [0.15, 0.2) is 71.1 Å². The van der Waals surface area contributed by atoms with Crippen LogP contribution in [0.1, 0.15) is 115 Å². The van der Waals surface area contributed by atoms with Gasteiger partial charge in [-0.25, -0.2) is 18.9 Å². The summed E-state index contributed by atoms with van der Waals surface area (Å²) in [6.45, 7) is 20.8. The minimum absolute atomic E-state index is 0.0102. The highest BCUT2D eigenvalue weighted by atomic mass is 32.2. The molecule has 5 aromatic rings. The Morgan fingerprint density at radius 2 is 1.76 bits per heavy atom. The predicted octanol–water partition coefficient (Wildman–Crippen LogP) is 8.06. The number of fused-ring (bicyclic) bond motifs is 6. The molecule has 2 aromatic carbocycles. The van der Waals surface area contributed by atoms with Crippen molar-refractivity contribution in [2.75, 3.05) is 39.3 Å². The maximum atomic E-state index is 15.0. The van der Waals surface area contributed by atoms with E-state index in [2.05, 4.69) is 92.9 Å². The van der Waals surface area contributed by atoms with Crippen molar-refractivity contribution in [3.63, 3.8) is 0 Å². The van der Waals surface area contributed by atoms with E-state index in [1.165, 1.54) is 21.9 Å². The van der Waals surface area contributed by atoms with Crippen LogP contribution in [-0.2, 0) is 54.3 Å². The molecule has 5 aliphatic heterocycles. The minimum Gasteiger partial charge on any atom is -0.464 e. The molecular weight excluding hydrogens is 995 g/mol. The van der Waals surface area contributed by atoms with Gasteiger partial charge in [0.05, 0.1) is 45.7 Å². The fraction of sp³-hybridized carbons (Fsp3) is 0.559. The summed E-state index contributed by atoms with van der Waals surface area (Å²) in [5, 5.41) is 8.62. The first kappa shape index (κ1) is 52.7. The van der Waals surface area contributed by atoms with Crippen LogP contribution in [0.25, 0.3) is 33.4 Å². The van der Waals surface area contributed by atoms with Crippen LogP contribution in [0.2, 0.25) is 0 Å². The Morgan fingerprint density at radius 3 is 2.50 bits per heavy atom. The number of ether oxygens (including phenoxy) is 1. The molecule has 2 N–H and O–H groups in total. The molecule has 76 heavy (non-hydrogen) atoms. The number of thiazole rings is 1. The molecule has 8 heterocycles. The molecule has 3 aromatic heterocycles. The number of nitrogens with zero attached hydrogens (tertiary/aromatic N) is 7. The Hall–Kier alpha value is -5.33. The number of cyclic esters (lactones) is 1. The van der Waals surface area contributed by atoms with Crippen molar-refractivity contribution < 1.29 is 28.1 Å². The molecular formula is C59H75N9O6S2. The van der Waals surface area contributed by atoms with Crippen LogP contribution in [0, 0.1) is 29.6 Å².